The van der Waals surface area contributed by atoms with E-state index in [0.29, 0.717) is 12.5 Å². The van der Waals surface area contributed by atoms with Crippen LogP contribution in [0.3, 0.4) is 0 Å². The highest BCUT2D eigenvalue weighted by atomic mass is 16.3. The first kappa shape index (κ1) is 11.6. The Labute approximate surface area is 96.5 Å². The standard InChI is InChI=1S/C12H21N3O/c1-8-9(2)14-15(10(8)3)6-12(13,7-16)11-4-5-11/h11,16H,4-7,13H2,1-3H3. The number of hydrogen-bond donors (Lipinski definition) is 2. The van der Waals surface area contributed by atoms with E-state index in [0.717, 1.165) is 24.2 Å². The second kappa shape index (κ2) is 3.86. The first-order chi connectivity index (χ1) is 7.48. The molecule has 0 bridgehead atoms. The summed E-state index contributed by atoms with van der Waals surface area (Å²) >= 11 is 0. The molecule has 1 fully saturated rings. The number of aliphatic hydroxyl groups is 1. The Morgan fingerprint density at radius 1 is 1.44 bits per heavy atom. The average molecular weight is 223 g/mol. The Morgan fingerprint density at radius 3 is 2.44 bits per heavy atom. The highest BCUT2D eigenvalue weighted by Crippen LogP contribution is 2.39. The molecule has 1 aliphatic rings. The van der Waals surface area contributed by atoms with Crippen LogP contribution in [0.5, 0.6) is 0 Å². The van der Waals surface area contributed by atoms with E-state index < -0.39 is 5.54 Å². The third kappa shape index (κ3) is 1.87. The number of aromatic nitrogens is 2. The second-order valence-electron chi connectivity index (χ2n) is 5.12. The van der Waals surface area contributed by atoms with Crippen molar-refractivity contribution in [1.82, 2.24) is 9.78 Å². The van der Waals surface area contributed by atoms with Crippen molar-refractivity contribution in [3.05, 3.63) is 17.0 Å². The van der Waals surface area contributed by atoms with Gasteiger partial charge in [0.25, 0.3) is 0 Å². The average Bonchev–Trinajstić information content (AvgIpc) is 3.06. The van der Waals surface area contributed by atoms with Crippen molar-refractivity contribution >= 4 is 0 Å². The molecular formula is C12H21N3O. The molecule has 3 N–H and O–H groups in total. The zero-order valence-corrected chi connectivity index (χ0v) is 10.3. The monoisotopic (exact) mass is 223 g/mol. The topological polar surface area (TPSA) is 64.1 Å². The van der Waals surface area contributed by atoms with E-state index in [9.17, 15) is 5.11 Å². The smallest absolute Gasteiger partial charge is 0.0632 e. The Morgan fingerprint density at radius 2 is 2.06 bits per heavy atom. The number of hydrogen-bond acceptors (Lipinski definition) is 3. The van der Waals surface area contributed by atoms with Crippen molar-refractivity contribution in [2.45, 2.75) is 45.7 Å². The molecular weight excluding hydrogens is 202 g/mol. The third-order valence-electron chi connectivity index (χ3n) is 3.87. The van der Waals surface area contributed by atoms with Gasteiger partial charge >= 0.3 is 0 Å². The molecule has 4 heteroatoms. The van der Waals surface area contributed by atoms with Crippen LogP contribution in [0.2, 0.25) is 0 Å². The first-order valence-corrected chi connectivity index (χ1v) is 5.88. The SMILES string of the molecule is Cc1nn(CC(N)(CO)C2CC2)c(C)c1C. The van der Waals surface area contributed by atoms with Crippen molar-refractivity contribution < 1.29 is 5.11 Å². The summed E-state index contributed by atoms with van der Waals surface area (Å²) in [5, 5.41) is 13.9. The first-order valence-electron chi connectivity index (χ1n) is 5.88. The molecule has 0 saturated heterocycles. The van der Waals surface area contributed by atoms with Gasteiger partial charge in [-0.05, 0) is 45.1 Å². The van der Waals surface area contributed by atoms with Crippen LogP contribution < -0.4 is 5.73 Å². The molecule has 90 valence electrons. The van der Waals surface area contributed by atoms with E-state index >= 15 is 0 Å². The zero-order chi connectivity index (χ0) is 11.9. The Balaban J connectivity index is 2.22. The fraction of sp³-hybridized carbons (Fsp3) is 0.750. The Hall–Kier alpha value is -0.870. The summed E-state index contributed by atoms with van der Waals surface area (Å²) in [7, 11) is 0. The van der Waals surface area contributed by atoms with Gasteiger partial charge in [-0.15, -0.1) is 0 Å². The van der Waals surface area contributed by atoms with Gasteiger partial charge in [0.05, 0.1) is 24.4 Å². The molecule has 0 spiro atoms. The number of aryl methyl sites for hydroxylation is 1. The van der Waals surface area contributed by atoms with Crippen molar-refractivity contribution in [2.24, 2.45) is 11.7 Å². The largest absolute Gasteiger partial charge is 0.394 e. The molecule has 1 aliphatic carbocycles. The fourth-order valence-electron chi connectivity index (χ4n) is 2.19. The minimum absolute atomic E-state index is 0.0368. The second-order valence-corrected chi connectivity index (χ2v) is 5.12. The summed E-state index contributed by atoms with van der Waals surface area (Å²) in [5.41, 5.74) is 9.18. The molecule has 16 heavy (non-hydrogen) atoms. The van der Waals surface area contributed by atoms with Crippen molar-refractivity contribution in [2.75, 3.05) is 6.61 Å². The van der Waals surface area contributed by atoms with Gasteiger partial charge in [0.2, 0.25) is 0 Å². The van der Waals surface area contributed by atoms with Crippen molar-refractivity contribution in [3.8, 4) is 0 Å². The maximum Gasteiger partial charge on any atom is 0.0632 e. The van der Waals surface area contributed by atoms with Gasteiger partial charge < -0.3 is 10.8 Å². The van der Waals surface area contributed by atoms with E-state index in [-0.39, 0.29) is 6.61 Å². The van der Waals surface area contributed by atoms with E-state index in [1.807, 2.05) is 11.6 Å². The Bertz CT molecular complexity index is 395. The van der Waals surface area contributed by atoms with Gasteiger partial charge in [-0.1, -0.05) is 0 Å². The molecule has 0 amide bonds. The quantitative estimate of drug-likeness (QED) is 0.797. The summed E-state index contributed by atoms with van der Waals surface area (Å²) in [6.07, 6.45) is 2.27. The van der Waals surface area contributed by atoms with Crippen LogP contribution in [0.25, 0.3) is 0 Å². The summed E-state index contributed by atoms with van der Waals surface area (Å²) in [5.74, 6) is 0.460. The molecule has 4 nitrogen and oxygen atoms in total. The molecule has 2 rings (SSSR count). The third-order valence-corrected chi connectivity index (χ3v) is 3.87. The van der Waals surface area contributed by atoms with Crippen LogP contribution in [-0.2, 0) is 6.54 Å². The molecule has 0 aromatic carbocycles. The van der Waals surface area contributed by atoms with Crippen LogP contribution in [0, 0.1) is 26.7 Å². The summed E-state index contributed by atoms with van der Waals surface area (Å²) in [4.78, 5) is 0. The molecule has 1 atom stereocenters. The van der Waals surface area contributed by atoms with E-state index in [2.05, 4.69) is 18.9 Å². The maximum atomic E-state index is 9.46. The Kier molecular flexibility index (Phi) is 2.80. The number of rotatable bonds is 4. The molecule has 1 aromatic rings. The van der Waals surface area contributed by atoms with E-state index in [4.69, 9.17) is 5.73 Å². The maximum absolute atomic E-state index is 9.46. The van der Waals surface area contributed by atoms with Crippen LogP contribution in [-0.4, -0.2) is 27.0 Å². The zero-order valence-electron chi connectivity index (χ0n) is 10.3. The van der Waals surface area contributed by atoms with Crippen molar-refractivity contribution in [3.63, 3.8) is 0 Å². The van der Waals surface area contributed by atoms with Crippen LogP contribution in [0.15, 0.2) is 0 Å². The van der Waals surface area contributed by atoms with Gasteiger partial charge in [0, 0.05) is 5.69 Å². The molecule has 1 aromatic heterocycles. The number of nitrogens with two attached hydrogens (primary N) is 1. The minimum atomic E-state index is -0.490. The van der Waals surface area contributed by atoms with E-state index in [1.54, 1.807) is 0 Å². The molecule has 0 radical (unpaired) electrons. The van der Waals surface area contributed by atoms with Gasteiger partial charge in [0.15, 0.2) is 0 Å². The summed E-state index contributed by atoms with van der Waals surface area (Å²) < 4.78 is 1.94. The number of nitrogens with zero attached hydrogens (tertiary/aromatic N) is 2. The van der Waals surface area contributed by atoms with Gasteiger partial charge in [-0.2, -0.15) is 5.10 Å². The van der Waals surface area contributed by atoms with Crippen LogP contribution in [0.1, 0.15) is 29.8 Å². The lowest BCUT2D eigenvalue weighted by atomic mass is 9.95. The fourth-order valence-corrected chi connectivity index (χ4v) is 2.19. The van der Waals surface area contributed by atoms with E-state index in [1.165, 1.54) is 5.56 Å². The molecule has 0 aliphatic heterocycles. The lowest BCUT2D eigenvalue weighted by molar-refractivity contribution is 0.154. The molecule has 1 unspecified atom stereocenters. The molecule has 1 heterocycles. The summed E-state index contributed by atoms with van der Waals surface area (Å²) in [6, 6.07) is 0. The highest BCUT2D eigenvalue weighted by Gasteiger charge is 2.42. The van der Waals surface area contributed by atoms with Crippen molar-refractivity contribution in [1.29, 1.82) is 0 Å². The minimum Gasteiger partial charge on any atom is -0.394 e. The predicted octanol–water partition coefficient (Wildman–Crippen LogP) is 0.908. The number of aliphatic hydroxyl groups excluding tert-OH is 1. The van der Waals surface area contributed by atoms with Crippen LogP contribution in [0.4, 0.5) is 0 Å². The lowest BCUT2D eigenvalue weighted by Gasteiger charge is -2.27. The van der Waals surface area contributed by atoms with Gasteiger partial charge in [-0.25, -0.2) is 0 Å². The summed E-state index contributed by atoms with van der Waals surface area (Å²) in [6.45, 7) is 6.79. The lowest BCUT2D eigenvalue weighted by Crippen LogP contribution is -2.50. The molecule has 1 saturated carbocycles. The van der Waals surface area contributed by atoms with Gasteiger partial charge in [0.1, 0.15) is 0 Å². The van der Waals surface area contributed by atoms with Gasteiger partial charge in [-0.3, -0.25) is 4.68 Å². The normalized spacial score (nSPS) is 19.8. The van der Waals surface area contributed by atoms with Crippen LogP contribution >= 0.6 is 0 Å². The predicted molar refractivity (Wildman–Crippen MR) is 63.2 cm³/mol. The highest BCUT2D eigenvalue weighted by molar-refractivity contribution is 5.22.